The molecule has 0 saturated heterocycles. The number of aliphatic imine (C=N–C) groups is 1. The Hall–Kier alpha value is -1.61. The first-order chi connectivity index (χ1) is 11.8. The molecule has 2 N–H and O–H groups in total. The number of guanidine groups is 1. The summed E-state index contributed by atoms with van der Waals surface area (Å²) in [5.41, 5.74) is 0.248. The van der Waals surface area contributed by atoms with Gasteiger partial charge in [0.2, 0.25) is 0 Å². The molecule has 0 aliphatic heterocycles. The van der Waals surface area contributed by atoms with Crippen molar-refractivity contribution in [3.8, 4) is 0 Å². The summed E-state index contributed by atoms with van der Waals surface area (Å²) in [4.78, 5) is 7.75. The molecule has 1 aromatic carbocycles. The molecule has 2 rings (SSSR count). The van der Waals surface area contributed by atoms with Crippen LogP contribution < -0.4 is 10.6 Å². The second kappa shape index (κ2) is 8.66. The lowest BCUT2D eigenvalue weighted by Gasteiger charge is -2.19. The monoisotopic (exact) mass is 434 g/mol. The van der Waals surface area contributed by atoms with E-state index in [4.69, 9.17) is 0 Å². The summed E-state index contributed by atoms with van der Waals surface area (Å²) in [7, 11) is 1.65. The van der Waals surface area contributed by atoms with Crippen LogP contribution in [0.2, 0.25) is 0 Å². The minimum absolute atomic E-state index is 0.0125. The number of hydrogen-bond donors (Lipinski definition) is 2. The molecule has 1 heterocycles. The number of thiazole rings is 1. The molecule has 0 radical (unpaired) electrons. The Morgan fingerprint density at radius 3 is 2.68 bits per heavy atom. The molecule has 4 nitrogen and oxygen atoms in total. The largest absolute Gasteiger partial charge is 0.434 e. The first-order valence-corrected chi connectivity index (χ1v) is 9.21. The molecule has 1 aromatic heterocycles. The lowest BCUT2D eigenvalue weighted by Crippen LogP contribution is -2.39. The van der Waals surface area contributed by atoms with Gasteiger partial charge in [-0.15, -0.1) is 11.3 Å². The van der Waals surface area contributed by atoms with Crippen molar-refractivity contribution in [2.75, 3.05) is 13.6 Å². The lowest BCUT2D eigenvalue weighted by molar-refractivity contribution is -0.140. The van der Waals surface area contributed by atoms with Crippen molar-refractivity contribution < 1.29 is 13.2 Å². The summed E-state index contributed by atoms with van der Waals surface area (Å²) >= 11 is 4.52. The SMILES string of the molecule is CN=C(NCCc1nc(C(F)(F)F)cs1)NC(C)c1ccccc1Br. The molecule has 0 amide bonds. The molecular weight excluding hydrogens is 417 g/mol. The molecule has 1 atom stereocenters. The highest BCUT2D eigenvalue weighted by molar-refractivity contribution is 9.10. The van der Waals surface area contributed by atoms with Crippen LogP contribution in [0, 0.1) is 0 Å². The van der Waals surface area contributed by atoms with Crippen molar-refractivity contribution in [3.63, 3.8) is 0 Å². The van der Waals surface area contributed by atoms with Crippen LogP contribution in [0.15, 0.2) is 39.1 Å². The van der Waals surface area contributed by atoms with E-state index in [9.17, 15) is 13.2 Å². The summed E-state index contributed by atoms with van der Waals surface area (Å²) in [6, 6.07) is 7.87. The summed E-state index contributed by atoms with van der Waals surface area (Å²) < 4.78 is 38.6. The van der Waals surface area contributed by atoms with Gasteiger partial charge in [-0.25, -0.2) is 4.98 Å². The fraction of sp³-hybridized carbons (Fsp3) is 0.375. The zero-order valence-electron chi connectivity index (χ0n) is 13.7. The molecule has 0 bridgehead atoms. The van der Waals surface area contributed by atoms with Gasteiger partial charge < -0.3 is 10.6 Å². The van der Waals surface area contributed by atoms with Crippen LogP contribution in [0.25, 0.3) is 0 Å². The van der Waals surface area contributed by atoms with Crippen molar-refractivity contribution in [1.82, 2.24) is 15.6 Å². The van der Waals surface area contributed by atoms with E-state index in [1.54, 1.807) is 7.05 Å². The van der Waals surface area contributed by atoms with Crippen molar-refractivity contribution in [3.05, 3.63) is 50.4 Å². The van der Waals surface area contributed by atoms with Gasteiger partial charge in [0.15, 0.2) is 11.7 Å². The quantitative estimate of drug-likeness (QED) is 0.541. The molecule has 25 heavy (non-hydrogen) atoms. The van der Waals surface area contributed by atoms with E-state index in [1.165, 1.54) is 0 Å². The Labute approximate surface area is 156 Å². The zero-order valence-corrected chi connectivity index (χ0v) is 16.1. The second-order valence-corrected chi connectivity index (χ2v) is 7.06. The average Bonchev–Trinajstić information content (AvgIpc) is 3.03. The number of alkyl halides is 3. The first kappa shape index (κ1) is 19.7. The van der Waals surface area contributed by atoms with Gasteiger partial charge in [0.05, 0.1) is 11.0 Å². The van der Waals surface area contributed by atoms with E-state index in [-0.39, 0.29) is 6.04 Å². The third kappa shape index (κ3) is 5.71. The number of halogens is 4. The number of benzene rings is 1. The zero-order chi connectivity index (χ0) is 18.4. The van der Waals surface area contributed by atoms with E-state index in [1.807, 2.05) is 31.2 Å². The van der Waals surface area contributed by atoms with Gasteiger partial charge in [-0.3, -0.25) is 4.99 Å². The van der Waals surface area contributed by atoms with E-state index in [2.05, 4.69) is 36.5 Å². The van der Waals surface area contributed by atoms with Crippen LogP contribution >= 0.6 is 27.3 Å². The first-order valence-electron chi connectivity index (χ1n) is 7.54. The minimum Gasteiger partial charge on any atom is -0.356 e. The Morgan fingerprint density at radius 1 is 1.36 bits per heavy atom. The van der Waals surface area contributed by atoms with Crippen LogP contribution in [0.1, 0.15) is 29.2 Å². The van der Waals surface area contributed by atoms with Crippen LogP contribution in [-0.2, 0) is 12.6 Å². The highest BCUT2D eigenvalue weighted by atomic mass is 79.9. The van der Waals surface area contributed by atoms with Crippen LogP contribution in [-0.4, -0.2) is 24.5 Å². The number of nitrogens with zero attached hydrogens (tertiary/aromatic N) is 2. The Balaban J connectivity index is 1.86. The van der Waals surface area contributed by atoms with Gasteiger partial charge >= 0.3 is 6.18 Å². The topological polar surface area (TPSA) is 49.3 Å². The third-order valence-corrected chi connectivity index (χ3v) is 5.05. The average molecular weight is 435 g/mol. The van der Waals surface area contributed by atoms with E-state index in [0.717, 1.165) is 26.8 Å². The van der Waals surface area contributed by atoms with Gasteiger partial charge in [-0.05, 0) is 18.6 Å². The Bertz CT molecular complexity index is 730. The maximum Gasteiger partial charge on any atom is 0.434 e. The fourth-order valence-electron chi connectivity index (χ4n) is 2.15. The van der Waals surface area contributed by atoms with Crippen molar-refractivity contribution >= 4 is 33.2 Å². The lowest BCUT2D eigenvalue weighted by atomic mass is 10.1. The molecule has 0 saturated carbocycles. The number of rotatable bonds is 5. The summed E-state index contributed by atoms with van der Waals surface area (Å²) in [6.45, 7) is 2.44. The molecule has 1 unspecified atom stereocenters. The van der Waals surface area contributed by atoms with Crippen LogP contribution in [0.4, 0.5) is 13.2 Å². The molecular formula is C16H18BrF3N4S. The standard InChI is InChI=1S/C16H18BrF3N4S/c1-10(11-5-3-4-6-12(11)17)23-15(21-2)22-8-7-14-24-13(9-25-14)16(18,19)20/h3-6,9-10H,7-8H2,1-2H3,(H2,21,22,23). The van der Waals surface area contributed by atoms with E-state index < -0.39 is 11.9 Å². The number of hydrogen-bond acceptors (Lipinski definition) is 3. The summed E-state index contributed by atoms with van der Waals surface area (Å²) in [5.74, 6) is 0.579. The van der Waals surface area contributed by atoms with E-state index >= 15 is 0 Å². The van der Waals surface area contributed by atoms with Crippen molar-refractivity contribution in [2.24, 2.45) is 4.99 Å². The molecule has 9 heteroatoms. The van der Waals surface area contributed by atoms with Gasteiger partial charge in [0.25, 0.3) is 0 Å². The van der Waals surface area contributed by atoms with Gasteiger partial charge in [-0.1, -0.05) is 34.1 Å². The molecule has 0 aliphatic carbocycles. The van der Waals surface area contributed by atoms with E-state index in [0.29, 0.717) is 23.9 Å². The smallest absolute Gasteiger partial charge is 0.356 e. The predicted molar refractivity (Wildman–Crippen MR) is 97.9 cm³/mol. The van der Waals surface area contributed by atoms with Gasteiger partial charge in [0.1, 0.15) is 0 Å². The highest BCUT2D eigenvalue weighted by Gasteiger charge is 2.33. The normalized spacial score (nSPS) is 13.6. The third-order valence-electron chi connectivity index (χ3n) is 3.42. The fourth-order valence-corrected chi connectivity index (χ4v) is 3.58. The molecule has 136 valence electrons. The minimum atomic E-state index is -4.39. The number of aromatic nitrogens is 1. The van der Waals surface area contributed by atoms with Crippen LogP contribution in [0.5, 0.6) is 0 Å². The molecule has 0 aliphatic rings. The Morgan fingerprint density at radius 2 is 2.08 bits per heavy atom. The number of nitrogens with one attached hydrogen (secondary N) is 2. The van der Waals surface area contributed by atoms with Crippen molar-refractivity contribution in [2.45, 2.75) is 25.6 Å². The molecule has 2 aromatic rings. The maximum absolute atomic E-state index is 12.5. The maximum atomic E-state index is 12.5. The van der Waals surface area contributed by atoms with Crippen molar-refractivity contribution in [1.29, 1.82) is 0 Å². The highest BCUT2D eigenvalue weighted by Crippen LogP contribution is 2.30. The predicted octanol–water partition coefficient (Wildman–Crippen LogP) is 4.39. The molecule has 0 fully saturated rings. The second-order valence-electron chi connectivity index (χ2n) is 5.26. The van der Waals surface area contributed by atoms with Crippen LogP contribution in [0.3, 0.4) is 0 Å². The molecule has 0 spiro atoms. The van der Waals surface area contributed by atoms with Gasteiger partial charge in [0, 0.05) is 29.9 Å². The van der Waals surface area contributed by atoms with Gasteiger partial charge in [-0.2, -0.15) is 13.2 Å². The Kier molecular flexibility index (Phi) is 6.83. The summed E-state index contributed by atoms with van der Waals surface area (Å²) in [5, 5.41) is 7.82. The summed E-state index contributed by atoms with van der Waals surface area (Å²) in [6.07, 6.45) is -4.00.